The number of aryl methyl sites for hydroxylation is 1. The standard InChI is InChI=1S/C32H27ClFN3O3/c1-22-29(21-36(20-23-9-4-3-5-10-23)31(38)28-13-6-7-14-30(28)34)32(40-27-17-15-26(39-2)16-18-27)37(35-22)25-12-8-11-24(33)19-25/h3-19H,20-21H2,1-2H3. The van der Waals surface area contributed by atoms with Gasteiger partial charge in [0.05, 0.1) is 36.2 Å². The molecule has 0 radical (unpaired) electrons. The molecule has 0 saturated heterocycles. The molecule has 0 saturated carbocycles. The maximum atomic E-state index is 14.7. The van der Waals surface area contributed by atoms with E-state index in [-0.39, 0.29) is 18.7 Å². The lowest BCUT2D eigenvalue weighted by Crippen LogP contribution is -2.31. The first kappa shape index (κ1) is 27.0. The van der Waals surface area contributed by atoms with E-state index >= 15 is 0 Å². The third-order valence-corrected chi connectivity index (χ3v) is 6.66. The van der Waals surface area contributed by atoms with Gasteiger partial charge in [-0.2, -0.15) is 5.10 Å². The topological polar surface area (TPSA) is 56.6 Å². The van der Waals surface area contributed by atoms with Crippen LogP contribution >= 0.6 is 11.6 Å². The van der Waals surface area contributed by atoms with Crippen molar-refractivity contribution in [2.45, 2.75) is 20.0 Å². The Balaban J connectivity index is 1.59. The van der Waals surface area contributed by atoms with Gasteiger partial charge in [0.2, 0.25) is 5.88 Å². The van der Waals surface area contributed by atoms with Crippen molar-refractivity contribution in [1.82, 2.24) is 14.7 Å². The molecular formula is C32H27ClFN3O3. The van der Waals surface area contributed by atoms with Crippen LogP contribution in [0.25, 0.3) is 5.69 Å². The summed E-state index contributed by atoms with van der Waals surface area (Å²) in [6.07, 6.45) is 0. The third kappa shape index (κ3) is 6.00. The first-order chi connectivity index (χ1) is 19.4. The number of amides is 1. The lowest BCUT2D eigenvalue weighted by Gasteiger charge is -2.24. The Morgan fingerprint density at radius 3 is 2.30 bits per heavy atom. The molecule has 5 rings (SSSR count). The predicted molar refractivity (Wildman–Crippen MR) is 153 cm³/mol. The van der Waals surface area contributed by atoms with Crippen molar-refractivity contribution in [3.63, 3.8) is 0 Å². The summed E-state index contributed by atoms with van der Waals surface area (Å²) < 4.78 is 28.1. The first-order valence-electron chi connectivity index (χ1n) is 12.7. The van der Waals surface area contributed by atoms with Crippen molar-refractivity contribution in [3.8, 4) is 23.1 Å². The number of hydrogen-bond donors (Lipinski definition) is 0. The highest BCUT2D eigenvalue weighted by Gasteiger charge is 2.26. The molecule has 0 fully saturated rings. The number of benzene rings is 4. The third-order valence-electron chi connectivity index (χ3n) is 6.42. The minimum atomic E-state index is -0.577. The summed E-state index contributed by atoms with van der Waals surface area (Å²) in [5.41, 5.74) is 2.93. The molecule has 202 valence electrons. The minimum absolute atomic E-state index is 0.00376. The number of aromatic nitrogens is 2. The number of carbonyl (C=O) groups excluding carboxylic acids is 1. The second kappa shape index (κ2) is 12.1. The monoisotopic (exact) mass is 555 g/mol. The van der Waals surface area contributed by atoms with Crippen molar-refractivity contribution in [3.05, 3.63) is 136 Å². The van der Waals surface area contributed by atoms with Gasteiger partial charge < -0.3 is 14.4 Å². The smallest absolute Gasteiger partial charge is 0.257 e. The molecule has 4 aromatic carbocycles. The fraction of sp³-hybridized carbons (Fsp3) is 0.125. The Labute approximate surface area is 237 Å². The van der Waals surface area contributed by atoms with E-state index in [2.05, 4.69) is 0 Å². The van der Waals surface area contributed by atoms with Crippen LogP contribution in [0, 0.1) is 12.7 Å². The normalized spacial score (nSPS) is 10.8. The van der Waals surface area contributed by atoms with Gasteiger partial charge in [0.1, 0.15) is 17.3 Å². The van der Waals surface area contributed by atoms with Gasteiger partial charge in [-0.15, -0.1) is 0 Å². The van der Waals surface area contributed by atoms with E-state index in [0.29, 0.717) is 39.3 Å². The Bertz CT molecular complexity index is 1620. The molecule has 8 heteroatoms. The van der Waals surface area contributed by atoms with Crippen LogP contribution in [-0.2, 0) is 13.1 Å². The highest BCUT2D eigenvalue weighted by molar-refractivity contribution is 6.30. The van der Waals surface area contributed by atoms with Gasteiger partial charge in [-0.1, -0.05) is 60.1 Å². The summed E-state index contributed by atoms with van der Waals surface area (Å²) in [5, 5.41) is 5.30. The Morgan fingerprint density at radius 1 is 0.900 bits per heavy atom. The van der Waals surface area contributed by atoms with Crippen LogP contribution in [0.5, 0.6) is 17.4 Å². The molecule has 1 heterocycles. The quantitative estimate of drug-likeness (QED) is 0.188. The number of rotatable bonds is 9. The van der Waals surface area contributed by atoms with Crippen molar-refractivity contribution >= 4 is 17.5 Å². The lowest BCUT2D eigenvalue weighted by atomic mass is 10.1. The lowest BCUT2D eigenvalue weighted by molar-refractivity contribution is 0.0724. The minimum Gasteiger partial charge on any atom is -0.497 e. The van der Waals surface area contributed by atoms with Crippen LogP contribution in [0.15, 0.2) is 103 Å². The Morgan fingerprint density at radius 2 is 1.60 bits per heavy atom. The molecule has 0 aliphatic rings. The molecule has 0 unspecified atom stereocenters. The molecular weight excluding hydrogens is 529 g/mol. The number of nitrogens with zero attached hydrogens (tertiary/aromatic N) is 3. The molecule has 0 N–H and O–H groups in total. The summed E-state index contributed by atoms with van der Waals surface area (Å²) in [6.45, 7) is 2.24. The molecule has 40 heavy (non-hydrogen) atoms. The summed E-state index contributed by atoms with van der Waals surface area (Å²) in [7, 11) is 1.60. The zero-order valence-electron chi connectivity index (χ0n) is 22.1. The largest absolute Gasteiger partial charge is 0.497 e. The predicted octanol–water partition coefficient (Wildman–Crippen LogP) is 7.62. The van der Waals surface area contributed by atoms with E-state index in [0.717, 1.165) is 5.56 Å². The number of ether oxygens (including phenoxy) is 2. The van der Waals surface area contributed by atoms with Gasteiger partial charge in [-0.05, 0) is 67.1 Å². The number of halogens is 2. The second-order valence-electron chi connectivity index (χ2n) is 9.17. The zero-order valence-corrected chi connectivity index (χ0v) is 22.8. The molecule has 0 spiro atoms. The van der Waals surface area contributed by atoms with Crippen molar-refractivity contribution in [1.29, 1.82) is 0 Å². The number of hydrogen-bond acceptors (Lipinski definition) is 4. The van der Waals surface area contributed by atoms with E-state index in [9.17, 15) is 9.18 Å². The van der Waals surface area contributed by atoms with Crippen LogP contribution in [0.2, 0.25) is 5.02 Å². The van der Waals surface area contributed by atoms with E-state index in [1.54, 1.807) is 65.2 Å². The first-order valence-corrected chi connectivity index (χ1v) is 13.0. The van der Waals surface area contributed by atoms with Crippen molar-refractivity contribution < 1.29 is 18.7 Å². The summed E-state index contributed by atoms with van der Waals surface area (Å²) in [4.78, 5) is 15.3. The highest BCUT2D eigenvalue weighted by Crippen LogP contribution is 2.33. The maximum absolute atomic E-state index is 14.7. The van der Waals surface area contributed by atoms with E-state index in [1.165, 1.54) is 12.1 Å². The fourth-order valence-corrected chi connectivity index (χ4v) is 4.55. The average Bonchev–Trinajstić information content (AvgIpc) is 3.28. The van der Waals surface area contributed by atoms with Crippen molar-refractivity contribution in [2.75, 3.05) is 7.11 Å². The molecule has 0 atom stereocenters. The van der Waals surface area contributed by atoms with E-state index in [1.807, 2.05) is 49.4 Å². The molecule has 0 bridgehead atoms. The Kier molecular flexibility index (Phi) is 8.12. The maximum Gasteiger partial charge on any atom is 0.257 e. The Hall–Kier alpha value is -4.62. The molecule has 1 aromatic heterocycles. The molecule has 6 nitrogen and oxygen atoms in total. The van der Waals surface area contributed by atoms with Crippen LogP contribution in [0.1, 0.15) is 27.2 Å². The van der Waals surface area contributed by atoms with Gasteiger partial charge >= 0.3 is 0 Å². The van der Waals surface area contributed by atoms with Gasteiger partial charge in [0.25, 0.3) is 5.91 Å². The zero-order chi connectivity index (χ0) is 28.1. The summed E-state index contributed by atoms with van der Waals surface area (Å²) in [6, 6.07) is 30.0. The van der Waals surface area contributed by atoms with Crippen LogP contribution in [0.3, 0.4) is 0 Å². The fourth-order valence-electron chi connectivity index (χ4n) is 4.36. The van der Waals surface area contributed by atoms with Gasteiger partial charge in [0.15, 0.2) is 0 Å². The van der Waals surface area contributed by atoms with Crippen molar-refractivity contribution in [2.24, 2.45) is 0 Å². The SMILES string of the molecule is COc1ccc(Oc2c(CN(Cc3ccccc3)C(=O)c3ccccc3F)c(C)nn2-c2cccc(Cl)c2)cc1. The van der Waals surface area contributed by atoms with E-state index in [4.69, 9.17) is 26.2 Å². The molecule has 5 aromatic rings. The number of methoxy groups -OCH3 is 1. The average molecular weight is 556 g/mol. The second-order valence-corrected chi connectivity index (χ2v) is 9.60. The number of carbonyl (C=O) groups is 1. The molecule has 1 amide bonds. The summed E-state index contributed by atoms with van der Waals surface area (Å²) >= 11 is 6.30. The van der Waals surface area contributed by atoms with Gasteiger partial charge in [-0.25, -0.2) is 9.07 Å². The van der Waals surface area contributed by atoms with E-state index < -0.39 is 11.7 Å². The van der Waals surface area contributed by atoms with Gasteiger partial charge in [-0.3, -0.25) is 4.79 Å². The van der Waals surface area contributed by atoms with Crippen LogP contribution < -0.4 is 9.47 Å². The van der Waals surface area contributed by atoms with Gasteiger partial charge in [0, 0.05) is 11.6 Å². The molecule has 0 aliphatic heterocycles. The summed E-state index contributed by atoms with van der Waals surface area (Å²) in [5.74, 6) is 0.653. The van der Waals surface area contributed by atoms with Crippen LogP contribution in [-0.4, -0.2) is 27.7 Å². The van der Waals surface area contributed by atoms with Crippen LogP contribution in [0.4, 0.5) is 4.39 Å². The molecule has 0 aliphatic carbocycles. The highest BCUT2D eigenvalue weighted by atomic mass is 35.5.